The van der Waals surface area contributed by atoms with Gasteiger partial charge in [0.25, 0.3) is 0 Å². The lowest BCUT2D eigenvalue weighted by Crippen LogP contribution is -2.55. The van der Waals surface area contributed by atoms with E-state index >= 15 is 0 Å². The van der Waals surface area contributed by atoms with E-state index in [1.54, 1.807) is 36.3 Å². The Morgan fingerprint density at radius 3 is 2.57 bits per heavy atom. The van der Waals surface area contributed by atoms with E-state index in [1.807, 2.05) is 6.07 Å². The fraction of sp³-hybridized carbons (Fsp3) is 0.500. The maximum atomic E-state index is 13.3. The SMILES string of the molecule is COc1cc2nncc(N3CCC[C@H](N4CCCCC4=O)C3=O)c2cc1OC. The number of rotatable bonds is 4. The topological polar surface area (TPSA) is 84.9 Å². The molecule has 1 aromatic heterocycles. The molecule has 2 amide bonds. The molecule has 0 aliphatic carbocycles. The standard InChI is InChI=1S/C20H24N4O4/c1-27-17-10-13-14(11-18(17)28-2)22-21-12-16(13)24-9-5-6-15(20(24)26)23-8-4-3-7-19(23)25/h10-12,15H,3-9H2,1-2H3/t15-/m0/s1. The molecule has 2 aliphatic rings. The molecule has 4 rings (SSSR count). The number of amides is 2. The van der Waals surface area contributed by atoms with Crippen molar-refractivity contribution in [2.45, 2.75) is 38.1 Å². The third kappa shape index (κ3) is 3.12. The summed E-state index contributed by atoms with van der Waals surface area (Å²) in [5.74, 6) is 1.15. The van der Waals surface area contributed by atoms with Crippen molar-refractivity contribution in [2.24, 2.45) is 0 Å². The number of carbonyl (C=O) groups excluding carboxylic acids is 2. The van der Waals surface area contributed by atoms with Gasteiger partial charge in [0.15, 0.2) is 11.5 Å². The monoisotopic (exact) mass is 384 g/mol. The molecule has 2 fully saturated rings. The van der Waals surface area contributed by atoms with Crippen molar-refractivity contribution in [2.75, 3.05) is 32.2 Å². The van der Waals surface area contributed by atoms with Crippen LogP contribution in [0.4, 0.5) is 5.69 Å². The van der Waals surface area contributed by atoms with Gasteiger partial charge in [-0.2, -0.15) is 10.2 Å². The molecule has 0 spiro atoms. The highest BCUT2D eigenvalue weighted by molar-refractivity contribution is 6.06. The lowest BCUT2D eigenvalue weighted by atomic mass is 9.98. The molecule has 0 radical (unpaired) electrons. The Balaban J connectivity index is 1.72. The largest absolute Gasteiger partial charge is 0.493 e. The van der Waals surface area contributed by atoms with Crippen LogP contribution in [0.25, 0.3) is 10.9 Å². The zero-order chi connectivity index (χ0) is 19.7. The minimum absolute atomic E-state index is 0.0504. The highest BCUT2D eigenvalue weighted by Crippen LogP contribution is 2.36. The zero-order valence-corrected chi connectivity index (χ0v) is 16.2. The summed E-state index contributed by atoms with van der Waals surface area (Å²) in [6.45, 7) is 1.25. The predicted octanol–water partition coefficient (Wildman–Crippen LogP) is 2.15. The number of benzene rings is 1. The van der Waals surface area contributed by atoms with Crippen LogP contribution in [0.2, 0.25) is 0 Å². The van der Waals surface area contributed by atoms with Gasteiger partial charge in [0.1, 0.15) is 6.04 Å². The number of hydrogen-bond donors (Lipinski definition) is 0. The van der Waals surface area contributed by atoms with Crippen LogP contribution in [0.5, 0.6) is 11.5 Å². The molecule has 0 bridgehead atoms. The molecule has 3 heterocycles. The van der Waals surface area contributed by atoms with Crippen LogP contribution in [0.1, 0.15) is 32.1 Å². The predicted molar refractivity (Wildman–Crippen MR) is 104 cm³/mol. The van der Waals surface area contributed by atoms with Gasteiger partial charge < -0.3 is 19.3 Å². The van der Waals surface area contributed by atoms with Crippen molar-refractivity contribution < 1.29 is 19.1 Å². The van der Waals surface area contributed by atoms with E-state index < -0.39 is 6.04 Å². The lowest BCUT2D eigenvalue weighted by Gasteiger charge is -2.40. The van der Waals surface area contributed by atoms with E-state index in [0.717, 1.165) is 24.6 Å². The molecule has 0 unspecified atom stereocenters. The summed E-state index contributed by atoms with van der Waals surface area (Å²) < 4.78 is 10.8. The Labute approximate surface area is 163 Å². The van der Waals surface area contributed by atoms with Crippen LogP contribution < -0.4 is 14.4 Å². The van der Waals surface area contributed by atoms with Gasteiger partial charge in [-0.15, -0.1) is 0 Å². The van der Waals surface area contributed by atoms with Gasteiger partial charge in [-0.05, 0) is 31.7 Å². The van der Waals surface area contributed by atoms with Crippen LogP contribution in [0, 0.1) is 0 Å². The van der Waals surface area contributed by atoms with Crippen LogP contribution in [0.3, 0.4) is 0 Å². The summed E-state index contributed by atoms with van der Waals surface area (Å²) in [6.07, 6.45) is 5.52. The highest BCUT2D eigenvalue weighted by atomic mass is 16.5. The second kappa shape index (κ2) is 7.61. The van der Waals surface area contributed by atoms with E-state index in [-0.39, 0.29) is 11.8 Å². The first-order chi connectivity index (χ1) is 13.6. The summed E-state index contributed by atoms with van der Waals surface area (Å²) >= 11 is 0. The molecule has 1 atom stereocenters. The first-order valence-electron chi connectivity index (χ1n) is 9.62. The smallest absolute Gasteiger partial charge is 0.249 e. The summed E-state index contributed by atoms with van der Waals surface area (Å²) in [5, 5.41) is 9.03. The van der Waals surface area contributed by atoms with Gasteiger partial charge in [0, 0.05) is 31.0 Å². The third-order valence-corrected chi connectivity index (χ3v) is 5.56. The number of ether oxygens (including phenoxy) is 2. The Bertz CT molecular complexity index is 916. The minimum Gasteiger partial charge on any atom is -0.493 e. The molecule has 2 saturated heterocycles. The summed E-state index contributed by atoms with van der Waals surface area (Å²) in [6, 6.07) is 3.18. The number of likely N-dealkylation sites (tertiary alicyclic amines) is 1. The van der Waals surface area contributed by atoms with Crippen molar-refractivity contribution >= 4 is 28.4 Å². The molecule has 0 saturated carbocycles. The molecular weight excluding hydrogens is 360 g/mol. The fourth-order valence-corrected chi connectivity index (χ4v) is 4.13. The summed E-state index contributed by atoms with van der Waals surface area (Å²) in [4.78, 5) is 29.2. The summed E-state index contributed by atoms with van der Waals surface area (Å²) in [5.41, 5.74) is 1.31. The quantitative estimate of drug-likeness (QED) is 0.803. The molecule has 0 N–H and O–H groups in total. The molecule has 8 nitrogen and oxygen atoms in total. The van der Waals surface area contributed by atoms with Gasteiger partial charge in [0.2, 0.25) is 11.8 Å². The molecule has 28 heavy (non-hydrogen) atoms. The number of hydrogen-bond acceptors (Lipinski definition) is 6. The Kier molecular flexibility index (Phi) is 5.02. The number of nitrogens with zero attached hydrogens (tertiary/aromatic N) is 4. The molecule has 2 aliphatic heterocycles. The molecule has 148 valence electrons. The average molecular weight is 384 g/mol. The number of piperidine rings is 2. The zero-order valence-electron chi connectivity index (χ0n) is 16.2. The highest BCUT2D eigenvalue weighted by Gasteiger charge is 2.37. The van der Waals surface area contributed by atoms with E-state index in [9.17, 15) is 9.59 Å². The number of methoxy groups -OCH3 is 2. The van der Waals surface area contributed by atoms with Gasteiger partial charge >= 0.3 is 0 Å². The van der Waals surface area contributed by atoms with Crippen molar-refractivity contribution in [3.63, 3.8) is 0 Å². The van der Waals surface area contributed by atoms with Crippen LogP contribution in [-0.2, 0) is 9.59 Å². The van der Waals surface area contributed by atoms with Gasteiger partial charge in [-0.1, -0.05) is 0 Å². The molecule has 8 heteroatoms. The van der Waals surface area contributed by atoms with Gasteiger partial charge in [0.05, 0.1) is 31.6 Å². The van der Waals surface area contributed by atoms with Gasteiger partial charge in [-0.3, -0.25) is 9.59 Å². The Morgan fingerprint density at radius 2 is 1.82 bits per heavy atom. The second-order valence-electron chi connectivity index (χ2n) is 7.15. The maximum absolute atomic E-state index is 13.3. The number of aromatic nitrogens is 2. The maximum Gasteiger partial charge on any atom is 0.249 e. The first-order valence-corrected chi connectivity index (χ1v) is 9.62. The van der Waals surface area contributed by atoms with E-state index in [0.29, 0.717) is 48.6 Å². The van der Waals surface area contributed by atoms with Gasteiger partial charge in [-0.25, -0.2) is 0 Å². The second-order valence-corrected chi connectivity index (χ2v) is 7.15. The third-order valence-electron chi connectivity index (χ3n) is 5.56. The normalized spacial score (nSPS) is 20.6. The lowest BCUT2D eigenvalue weighted by molar-refractivity contribution is -0.142. The first kappa shape index (κ1) is 18.5. The minimum atomic E-state index is -0.398. The van der Waals surface area contributed by atoms with E-state index in [1.165, 1.54) is 0 Å². The van der Waals surface area contributed by atoms with E-state index in [2.05, 4.69) is 10.2 Å². The van der Waals surface area contributed by atoms with Crippen molar-refractivity contribution in [1.82, 2.24) is 15.1 Å². The average Bonchev–Trinajstić information content (AvgIpc) is 2.73. The van der Waals surface area contributed by atoms with Crippen molar-refractivity contribution in [1.29, 1.82) is 0 Å². The Hall–Kier alpha value is -2.90. The van der Waals surface area contributed by atoms with Crippen LogP contribution >= 0.6 is 0 Å². The molecular formula is C20H24N4O4. The number of fused-ring (bicyclic) bond motifs is 1. The van der Waals surface area contributed by atoms with E-state index in [4.69, 9.17) is 9.47 Å². The van der Waals surface area contributed by atoms with Crippen molar-refractivity contribution in [3.8, 4) is 11.5 Å². The Morgan fingerprint density at radius 1 is 1.04 bits per heavy atom. The van der Waals surface area contributed by atoms with Crippen LogP contribution in [0.15, 0.2) is 18.3 Å². The van der Waals surface area contributed by atoms with Crippen molar-refractivity contribution in [3.05, 3.63) is 18.3 Å². The van der Waals surface area contributed by atoms with Crippen LogP contribution in [-0.4, -0.2) is 60.3 Å². The number of anilines is 1. The molecule has 2 aromatic rings. The fourth-order valence-electron chi connectivity index (χ4n) is 4.13. The number of carbonyl (C=O) groups is 2. The molecule has 1 aromatic carbocycles. The summed E-state index contributed by atoms with van der Waals surface area (Å²) in [7, 11) is 3.14.